The normalized spacial score (nSPS) is 11.9. The van der Waals surface area contributed by atoms with Gasteiger partial charge >= 0.3 is 0 Å². The molecule has 0 bridgehead atoms. The van der Waals surface area contributed by atoms with Crippen LogP contribution < -0.4 is 11.1 Å². The summed E-state index contributed by atoms with van der Waals surface area (Å²) < 4.78 is 0. The minimum absolute atomic E-state index is 0.114. The molecule has 0 heterocycles. The van der Waals surface area contributed by atoms with Gasteiger partial charge in [-0.05, 0) is 12.1 Å². The van der Waals surface area contributed by atoms with E-state index in [1.807, 2.05) is 0 Å². The van der Waals surface area contributed by atoms with Gasteiger partial charge in [0.1, 0.15) is 11.8 Å². The number of nitrogens with two attached hydrogens (primary N) is 1. The van der Waals surface area contributed by atoms with Crippen LogP contribution in [0.25, 0.3) is 0 Å². The highest BCUT2D eigenvalue weighted by Gasteiger charge is 2.16. The molecule has 1 aromatic carbocycles. The predicted octanol–water partition coefficient (Wildman–Crippen LogP) is 0.506. The van der Waals surface area contributed by atoms with Crippen LogP contribution in [0.1, 0.15) is 0 Å². The summed E-state index contributed by atoms with van der Waals surface area (Å²) in [5.74, 6) is -0.915. The first-order valence-electron chi connectivity index (χ1n) is 4.57. The van der Waals surface area contributed by atoms with E-state index in [4.69, 9.17) is 22.4 Å². The maximum Gasteiger partial charge on any atom is 0.292 e. The first kappa shape index (κ1) is 13.2. The molecule has 8 heteroatoms. The third-order valence-corrected chi connectivity index (χ3v) is 2.20. The van der Waals surface area contributed by atoms with E-state index in [0.29, 0.717) is 5.02 Å². The lowest BCUT2D eigenvalue weighted by Crippen LogP contribution is -2.34. The molecule has 0 aromatic heterocycles. The summed E-state index contributed by atoms with van der Waals surface area (Å²) in [5.41, 5.74) is 4.75. The minimum atomic E-state index is -1.42. The number of aliphatic hydroxyl groups is 1. The van der Waals surface area contributed by atoms with Crippen LogP contribution in [0.3, 0.4) is 0 Å². The third kappa shape index (κ3) is 3.58. The van der Waals surface area contributed by atoms with Crippen LogP contribution in [0.15, 0.2) is 18.2 Å². The van der Waals surface area contributed by atoms with Crippen molar-refractivity contribution < 1.29 is 14.8 Å². The van der Waals surface area contributed by atoms with Gasteiger partial charge in [-0.2, -0.15) is 0 Å². The average molecular weight is 260 g/mol. The fourth-order valence-electron chi connectivity index (χ4n) is 1.12. The molecular weight excluding hydrogens is 250 g/mol. The lowest BCUT2D eigenvalue weighted by atomic mass is 10.2. The van der Waals surface area contributed by atoms with Gasteiger partial charge in [-0.1, -0.05) is 11.6 Å². The molecule has 7 nitrogen and oxygen atoms in total. The van der Waals surface area contributed by atoms with E-state index < -0.39 is 16.9 Å². The van der Waals surface area contributed by atoms with Crippen molar-refractivity contribution in [2.75, 3.05) is 11.9 Å². The number of primary amides is 1. The quantitative estimate of drug-likeness (QED) is 0.526. The molecule has 0 aliphatic heterocycles. The molecule has 0 spiro atoms. The molecule has 0 saturated heterocycles. The van der Waals surface area contributed by atoms with Crippen molar-refractivity contribution in [1.29, 1.82) is 0 Å². The van der Waals surface area contributed by atoms with Crippen LogP contribution in [0.4, 0.5) is 11.4 Å². The summed E-state index contributed by atoms with van der Waals surface area (Å²) in [5, 5.41) is 22.7. The molecule has 0 fully saturated rings. The molecule has 92 valence electrons. The Morgan fingerprint density at radius 3 is 2.82 bits per heavy atom. The van der Waals surface area contributed by atoms with E-state index in [1.54, 1.807) is 0 Å². The SMILES string of the molecule is NC(=O)C(O)CNc1cc(Cl)ccc1[N+](=O)[O-]. The monoisotopic (exact) mass is 259 g/mol. The van der Waals surface area contributed by atoms with Gasteiger partial charge in [0.05, 0.1) is 11.5 Å². The van der Waals surface area contributed by atoms with Crippen molar-refractivity contribution >= 4 is 28.9 Å². The molecular formula is C9H10ClN3O4. The van der Waals surface area contributed by atoms with Gasteiger partial charge in [0.25, 0.3) is 5.69 Å². The van der Waals surface area contributed by atoms with Crippen molar-refractivity contribution in [2.24, 2.45) is 5.73 Å². The lowest BCUT2D eigenvalue weighted by Gasteiger charge is -2.10. The molecule has 0 aliphatic rings. The molecule has 1 rings (SSSR count). The van der Waals surface area contributed by atoms with E-state index in [9.17, 15) is 14.9 Å². The summed E-state index contributed by atoms with van der Waals surface area (Å²) in [6.07, 6.45) is -1.42. The van der Waals surface area contributed by atoms with Crippen LogP contribution in [-0.4, -0.2) is 28.6 Å². The zero-order valence-corrected chi connectivity index (χ0v) is 9.35. The summed E-state index contributed by atoms with van der Waals surface area (Å²) in [4.78, 5) is 20.7. The summed E-state index contributed by atoms with van der Waals surface area (Å²) in [7, 11) is 0. The number of hydrogen-bond acceptors (Lipinski definition) is 5. The van der Waals surface area contributed by atoms with Gasteiger partial charge in [0.15, 0.2) is 0 Å². The Kier molecular flexibility index (Phi) is 4.24. The number of benzene rings is 1. The number of aliphatic hydroxyl groups excluding tert-OH is 1. The molecule has 0 saturated carbocycles. The van der Waals surface area contributed by atoms with Crippen molar-refractivity contribution in [3.8, 4) is 0 Å². The molecule has 1 aromatic rings. The van der Waals surface area contributed by atoms with Crippen molar-refractivity contribution in [3.63, 3.8) is 0 Å². The Labute approximate surface area is 101 Å². The Hall–Kier alpha value is -1.86. The topological polar surface area (TPSA) is 118 Å². The number of carbonyl (C=O) groups excluding carboxylic acids is 1. The van der Waals surface area contributed by atoms with Gasteiger partial charge in [-0.3, -0.25) is 14.9 Å². The smallest absolute Gasteiger partial charge is 0.292 e. The summed E-state index contributed by atoms with van der Waals surface area (Å²) >= 11 is 5.68. The van der Waals surface area contributed by atoms with Crippen molar-refractivity contribution in [3.05, 3.63) is 33.3 Å². The lowest BCUT2D eigenvalue weighted by molar-refractivity contribution is -0.384. The second-order valence-electron chi connectivity index (χ2n) is 3.22. The third-order valence-electron chi connectivity index (χ3n) is 1.97. The van der Waals surface area contributed by atoms with Gasteiger partial charge < -0.3 is 16.2 Å². The Balaban J connectivity index is 2.85. The standard InChI is InChI=1S/C9H10ClN3O4/c10-5-1-2-7(13(16)17)6(3-5)12-4-8(14)9(11)15/h1-3,8,12,14H,4H2,(H2,11,15). The van der Waals surface area contributed by atoms with Crippen LogP contribution in [0, 0.1) is 10.1 Å². The largest absolute Gasteiger partial charge is 0.381 e. The number of anilines is 1. The van der Waals surface area contributed by atoms with Crippen LogP contribution >= 0.6 is 11.6 Å². The maximum absolute atomic E-state index is 10.7. The number of rotatable bonds is 5. The highest BCUT2D eigenvalue weighted by Crippen LogP contribution is 2.27. The Morgan fingerprint density at radius 1 is 1.65 bits per heavy atom. The number of nitro benzene ring substituents is 1. The second-order valence-corrected chi connectivity index (χ2v) is 3.65. The molecule has 0 radical (unpaired) electrons. The summed E-state index contributed by atoms with van der Waals surface area (Å²) in [6.45, 7) is -0.226. The minimum Gasteiger partial charge on any atom is -0.381 e. The van der Waals surface area contributed by atoms with Gasteiger partial charge in [-0.15, -0.1) is 0 Å². The zero-order valence-electron chi connectivity index (χ0n) is 8.59. The number of halogens is 1. The number of carbonyl (C=O) groups is 1. The fourth-order valence-corrected chi connectivity index (χ4v) is 1.29. The van der Waals surface area contributed by atoms with Gasteiger partial charge in [0, 0.05) is 11.1 Å². The molecule has 1 atom stereocenters. The fraction of sp³-hybridized carbons (Fsp3) is 0.222. The van der Waals surface area contributed by atoms with E-state index in [1.165, 1.54) is 18.2 Å². The predicted molar refractivity (Wildman–Crippen MR) is 61.8 cm³/mol. The zero-order chi connectivity index (χ0) is 13.0. The van der Waals surface area contributed by atoms with Crippen LogP contribution in [0.5, 0.6) is 0 Å². The van der Waals surface area contributed by atoms with Crippen molar-refractivity contribution in [1.82, 2.24) is 0 Å². The molecule has 1 unspecified atom stereocenters. The Bertz CT molecular complexity index is 452. The van der Waals surface area contributed by atoms with Gasteiger partial charge in [0.2, 0.25) is 5.91 Å². The number of nitrogens with zero attached hydrogens (tertiary/aromatic N) is 1. The van der Waals surface area contributed by atoms with E-state index in [2.05, 4.69) is 5.32 Å². The van der Waals surface area contributed by atoms with Crippen LogP contribution in [-0.2, 0) is 4.79 Å². The first-order valence-corrected chi connectivity index (χ1v) is 4.95. The van der Waals surface area contributed by atoms with E-state index in [-0.39, 0.29) is 17.9 Å². The number of amides is 1. The van der Waals surface area contributed by atoms with Gasteiger partial charge in [-0.25, -0.2) is 0 Å². The number of nitro groups is 1. The average Bonchev–Trinajstić information content (AvgIpc) is 2.25. The maximum atomic E-state index is 10.7. The number of nitrogens with one attached hydrogen (secondary N) is 1. The molecule has 17 heavy (non-hydrogen) atoms. The molecule has 0 aliphatic carbocycles. The Morgan fingerprint density at radius 2 is 2.29 bits per heavy atom. The van der Waals surface area contributed by atoms with Crippen molar-refractivity contribution in [2.45, 2.75) is 6.10 Å². The van der Waals surface area contributed by atoms with Crippen LogP contribution in [0.2, 0.25) is 5.02 Å². The second kappa shape index (κ2) is 5.46. The molecule has 1 amide bonds. The number of hydrogen-bond donors (Lipinski definition) is 3. The summed E-state index contributed by atoms with van der Waals surface area (Å²) in [6, 6.07) is 3.92. The van der Waals surface area contributed by atoms with E-state index >= 15 is 0 Å². The molecule has 4 N–H and O–H groups in total. The highest BCUT2D eigenvalue weighted by molar-refractivity contribution is 6.31. The highest BCUT2D eigenvalue weighted by atomic mass is 35.5. The van der Waals surface area contributed by atoms with E-state index in [0.717, 1.165) is 0 Å². The first-order chi connectivity index (χ1) is 7.91.